The highest BCUT2D eigenvalue weighted by molar-refractivity contribution is 5.98. The van der Waals surface area contributed by atoms with Crippen molar-refractivity contribution in [2.45, 2.75) is 57.9 Å². The maximum Gasteiger partial charge on any atom is 0.244 e. The lowest BCUT2D eigenvalue weighted by atomic mass is 9.84. The van der Waals surface area contributed by atoms with Gasteiger partial charge in [0.2, 0.25) is 5.91 Å². The van der Waals surface area contributed by atoms with E-state index in [0.717, 1.165) is 68.1 Å². The van der Waals surface area contributed by atoms with Gasteiger partial charge < -0.3 is 15.1 Å². The molecule has 4 rings (SSSR count). The van der Waals surface area contributed by atoms with Crippen LogP contribution in [0, 0.1) is 11.7 Å². The van der Waals surface area contributed by atoms with Crippen molar-refractivity contribution < 1.29 is 14.0 Å². The lowest BCUT2D eigenvalue weighted by Crippen LogP contribution is -2.37. The Morgan fingerprint density at radius 2 is 1.78 bits per heavy atom. The first-order valence-corrected chi connectivity index (χ1v) is 13.2. The SMILES string of the molecule is CO/N=C(\C)c1ccc2c(c1)CCN(CCC1CCC(NC(=O)/C=C/c3ccc(F)cc3)CC1)CC2.Cl. The van der Waals surface area contributed by atoms with Crippen LogP contribution < -0.4 is 5.32 Å². The summed E-state index contributed by atoms with van der Waals surface area (Å²) in [5.74, 6) is 0.393. The van der Waals surface area contributed by atoms with Gasteiger partial charge in [-0.2, -0.15) is 0 Å². The molecule has 5 nitrogen and oxygen atoms in total. The fourth-order valence-corrected chi connectivity index (χ4v) is 5.37. The summed E-state index contributed by atoms with van der Waals surface area (Å²) in [7, 11) is 1.59. The Kier molecular flexibility index (Phi) is 11.2. The number of nitrogens with zero attached hydrogens (tertiary/aromatic N) is 2. The summed E-state index contributed by atoms with van der Waals surface area (Å²) in [5, 5.41) is 7.22. The number of carbonyl (C=O) groups is 1. The van der Waals surface area contributed by atoms with E-state index in [2.05, 4.69) is 33.6 Å². The van der Waals surface area contributed by atoms with Crippen LogP contribution in [0.4, 0.5) is 4.39 Å². The van der Waals surface area contributed by atoms with Gasteiger partial charge in [-0.05, 0) is 111 Å². The molecule has 37 heavy (non-hydrogen) atoms. The molecule has 0 aromatic heterocycles. The minimum atomic E-state index is -0.271. The van der Waals surface area contributed by atoms with E-state index in [9.17, 15) is 9.18 Å². The number of halogens is 2. The van der Waals surface area contributed by atoms with Crippen molar-refractivity contribution in [1.82, 2.24) is 10.2 Å². The molecule has 1 heterocycles. The van der Waals surface area contributed by atoms with E-state index >= 15 is 0 Å². The van der Waals surface area contributed by atoms with Crippen LogP contribution in [0.3, 0.4) is 0 Å². The Bertz CT molecular complexity index is 1080. The van der Waals surface area contributed by atoms with E-state index in [0.29, 0.717) is 0 Å². The number of carbonyl (C=O) groups excluding carboxylic acids is 1. The second kappa shape index (κ2) is 14.3. The first-order chi connectivity index (χ1) is 17.5. The maximum absolute atomic E-state index is 13.0. The smallest absolute Gasteiger partial charge is 0.244 e. The van der Waals surface area contributed by atoms with Crippen molar-refractivity contribution in [1.29, 1.82) is 0 Å². The van der Waals surface area contributed by atoms with Crippen molar-refractivity contribution in [2.24, 2.45) is 11.1 Å². The van der Waals surface area contributed by atoms with Crippen molar-refractivity contribution in [2.75, 3.05) is 26.7 Å². The third-order valence-electron chi connectivity index (χ3n) is 7.59. The molecule has 1 saturated carbocycles. The quantitative estimate of drug-likeness (QED) is 0.268. The minimum Gasteiger partial charge on any atom is -0.399 e. The van der Waals surface area contributed by atoms with Crippen LogP contribution in [-0.2, 0) is 22.5 Å². The van der Waals surface area contributed by atoms with Gasteiger partial charge in [0.25, 0.3) is 0 Å². The number of benzene rings is 2. The predicted octanol–water partition coefficient (Wildman–Crippen LogP) is 5.80. The standard InChI is InChI=1S/C30H38FN3O2.ClH/c1-22(33-36-2)26-9-8-25-16-19-34(20-17-27(25)21-26)18-15-24-5-12-29(13-6-24)32-30(35)14-7-23-3-10-28(31)11-4-23;/h3-4,7-11,14,21,24,29H,5-6,12-13,15-20H2,1-2H3,(H,32,35);1H/b14-7+,33-22+;. The molecule has 1 fully saturated rings. The molecular weight excluding hydrogens is 489 g/mol. The number of oxime groups is 1. The topological polar surface area (TPSA) is 53.9 Å². The van der Waals surface area contributed by atoms with E-state index in [1.807, 2.05) is 6.92 Å². The van der Waals surface area contributed by atoms with Gasteiger partial charge in [0.05, 0.1) is 5.71 Å². The molecule has 7 heteroatoms. The first-order valence-electron chi connectivity index (χ1n) is 13.2. The predicted molar refractivity (Wildman–Crippen MR) is 151 cm³/mol. The highest BCUT2D eigenvalue weighted by atomic mass is 35.5. The Morgan fingerprint density at radius 1 is 1.08 bits per heavy atom. The lowest BCUT2D eigenvalue weighted by Gasteiger charge is -2.30. The van der Waals surface area contributed by atoms with E-state index in [1.54, 1.807) is 31.4 Å². The monoisotopic (exact) mass is 527 g/mol. The third kappa shape index (κ3) is 8.68. The summed E-state index contributed by atoms with van der Waals surface area (Å²) in [6, 6.07) is 13.1. The number of fused-ring (bicyclic) bond motifs is 1. The zero-order chi connectivity index (χ0) is 25.3. The molecule has 1 amide bonds. The molecular formula is C30H39ClFN3O2. The molecule has 200 valence electrons. The van der Waals surface area contributed by atoms with E-state index in [4.69, 9.17) is 4.84 Å². The second-order valence-corrected chi connectivity index (χ2v) is 10.1. The van der Waals surface area contributed by atoms with Crippen LogP contribution in [0.15, 0.2) is 53.7 Å². The Hall–Kier alpha value is -2.70. The molecule has 0 bridgehead atoms. The summed E-state index contributed by atoms with van der Waals surface area (Å²) in [5.41, 5.74) is 5.76. The molecule has 1 aliphatic carbocycles. The Morgan fingerprint density at radius 3 is 2.49 bits per heavy atom. The molecule has 2 aliphatic rings. The van der Waals surface area contributed by atoms with Gasteiger partial charge in [0.15, 0.2) is 0 Å². The number of amides is 1. The van der Waals surface area contributed by atoms with Crippen LogP contribution in [0.1, 0.15) is 61.3 Å². The maximum atomic E-state index is 13.0. The van der Waals surface area contributed by atoms with Crippen LogP contribution in [0.25, 0.3) is 6.08 Å². The molecule has 0 radical (unpaired) electrons. The van der Waals surface area contributed by atoms with Gasteiger partial charge in [-0.3, -0.25) is 4.79 Å². The number of nitrogens with one attached hydrogen (secondary N) is 1. The molecule has 1 aliphatic heterocycles. The summed E-state index contributed by atoms with van der Waals surface area (Å²) >= 11 is 0. The summed E-state index contributed by atoms with van der Waals surface area (Å²) < 4.78 is 13.0. The molecule has 0 atom stereocenters. The average Bonchev–Trinajstić information content (AvgIpc) is 3.10. The zero-order valence-corrected chi connectivity index (χ0v) is 22.7. The first kappa shape index (κ1) is 28.9. The van der Waals surface area contributed by atoms with Crippen molar-refractivity contribution >= 4 is 30.1 Å². The van der Waals surface area contributed by atoms with Crippen LogP contribution in [0.2, 0.25) is 0 Å². The van der Waals surface area contributed by atoms with Crippen molar-refractivity contribution in [3.8, 4) is 0 Å². The number of rotatable bonds is 8. The van der Waals surface area contributed by atoms with Gasteiger partial charge in [-0.25, -0.2) is 4.39 Å². The Labute approximate surface area is 226 Å². The van der Waals surface area contributed by atoms with Crippen molar-refractivity contribution in [3.63, 3.8) is 0 Å². The van der Waals surface area contributed by atoms with E-state index in [1.165, 1.54) is 42.5 Å². The molecule has 0 saturated heterocycles. The average molecular weight is 528 g/mol. The van der Waals surface area contributed by atoms with Crippen LogP contribution in [-0.4, -0.2) is 49.3 Å². The minimum absolute atomic E-state index is 0. The van der Waals surface area contributed by atoms with Gasteiger partial charge in [0, 0.05) is 25.2 Å². The van der Waals surface area contributed by atoms with Crippen LogP contribution in [0.5, 0.6) is 0 Å². The van der Waals surface area contributed by atoms with E-state index in [-0.39, 0.29) is 30.2 Å². The lowest BCUT2D eigenvalue weighted by molar-refractivity contribution is -0.117. The van der Waals surface area contributed by atoms with Crippen molar-refractivity contribution in [3.05, 3.63) is 76.6 Å². The van der Waals surface area contributed by atoms with Gasteiger partial charge in [-0.15, -0.1) is 12.4 Å². The second-order valence-electron chi connectivity index (χ2n) is 10.1. The summed E-state index contributed by atoms with van der Waals surface area (Å²) in [6.07, 6.45) is 11.1. The number of hydrogen-bond acceptors (Lipinski definition) is 4. The largest absolute Gasteiger partial charge is 0.399 e. The highest BCUT2D eigenvalue weighted by Crippen LogP contribution is 2.28. The molecule has 1 N–H and O–H groups in total. The van der Waals surface area contributed by atoms with Crippen LogP contribution >= 0.6 is 12.4 Å². The molecule has 0 spiro atoms. The number of hydrogen-bond donors (Lipinski definition) is 1. The van der Waals surface area contributed by atoms with Gasteiger partial charge in [0.1, 0.15) is 12.9 Å². The molecule has 0 unspecified atom stereocenters. The summed E-state index contributed by atoms with van der Waals surface area (Å²) in [4.78, 5) is 19.8. The van der Waals surface area contributed by atoms with Gasteiger partial charge >= 0.3 is 0 Å². The fourth-order valence-electron chi connectivity index (χ4n) is 5.37. The fraction of sp³-hybridized carbons (Fsp3) is 0.467. The Balaban J connectivity index is 0.00000380. The molecule has 2 aromatic rings. The van der Waals surface area contributed by atoms with Gasteiger partial charge in [-0.1, -0.05) is 29.4 Å². The summed E-state index contributed by atoms with van der Waals surface area (Å²) in [6.45, 7) is 5.35. The normalized spacial score (nSPS) is 20.6. The third-order valence-corrected chi connectivity index (χ3v) is 7.59. The van der Waals surface area contributed by atoms with E-state index < -0.39 is 0 Å². The molecule has 2 aromatic carbocycles. The highest BCUT2D eigenvalue weighted by Gasteiger charge is 2.23. The zero-order valence-electron chi connectivity index (χ0n) is 21.9.